The summed E-state index contributed by atoms with van der Waals surface area (Å²) in [5.41, 5.74) is 1.70. The molecule has 2 amide bonds. The summed E-state index contributed by atoms with van der Waals surface area (Å²) in [5.74, 6) is -0.283. The number of nitrogens with zero attached hydrogens (tertiary/aromatic N) is 2. The number of likely N-dealkylation sites (tertiary alicyclic amines) is 1. The number of carbonyl (C=O) groups excluding carboxylic acids is 3. The maximum atomic E-state index is 12.7. The van der Waals surface area contributed by atoms with Crippen molar-refractivity contribution in [2.75, 3.05) is 25.1 Å². The third-order valence-electron chi connectivity index (χ3n) is 4.95. The van der Waals surface area contributed by atoms with E-state index in [1.165, 1.54) is 7.11 Å². The number of hydrogen-bond donors (Lipinski definition) is 0. The Morgan fingerprint density at radius 2 is 2.04 bits per heavy atom. The van der Waals surface area contributed by atoms with Crippen LogP contribution in [0.25, 0.3) is 0 Å². The quantitative estimate of drug-likeness (QED) is 0.783. The topological polar surface area (TPSA) is 66.9 Å². The first kappa shape index (κ1) is 17.5. The minimum absolute atomic E-state index is 0.0694. The number of hydrogen-bond acceptors (Lipinski definition) is 4. The molecule has 0 spiro atoms. The average Bonchev–Trinajstić information content (AvgIpc) is 3.07. The van der Waals surface area contributed by atoms with Gasteiger partial charge in [0.2, 0.25) is 11.8 Å². The molecule has 1 aromatic carbocycles. The molecule has 1 aromatic rings. The van der Waals surface area contributed by atoms with E-state index < -0.39 is 6.04 Å². The molecule has 0 aromatic heterocycles. The highest BCUT2D eigenvalue weighted by Crippen LogP contribution is 2.24. The van der Waals surface area contributed by atoms with Crippen molar-refractivity contribution < 1.29 is 19.1 Å². The zero-order valence-corrected chi connectivity index (χ0v) is 14.6. The van der Waals surface area contributed by atoms with Gasteiger partial charge in [0, 0.05) is 25.2 Å². The third kappa shape index (κ3) is 3.83. The van der Waals surface area contributed by atoms with E-state index >= 15 is 0 Å². The average molecular weight is 344 g/mol. The molecule has 0 unspecified atom stereocenters. The standard InChI is InChI=1S/C19H24N2O4/c1-25-19(24)16-8-2-3-10-21(16)18(23)13-14-6-4-7-15(12-14)20-11-5-9-17(20)22/h4,6-7,12,16H,2-3,5,8-11,13H2,1H3/t16-/m0/s1. The number of rotatable bonds is 4. The van der Waals surface area contributed by atoms with E-state index in [-0.39, 0.29) is 24.2 Å². The van der Waals surface area contributed by atoms with Crippen molar-refractivity contribution in [2.45, 2.75) is 44.6 Å². The summed E-state index contributed by atoms with van der Waals surface area (Å²) in [4.78, 5) is 40.0. The lowest BCUT2D eigenvalue weighted by Gasteiger charge is -2.34. The van der Waals surface area contributed by atoms with Crippen LogP contribution in [0.15, 0.2) is 24.3 Å². The zero-order valence-electron chi connectivity index (χ0n) is 14.6. The molecule has 6 heteroatoms. The predicted octanol–water partition coefficient (Wildman–Crippen LogP) is 1.91. The van der Waals surface area contributed by atoms with Crippen LogP contribution in [0.2, 0.25) is 0 Å². The largest absolute Gasteiger partial charge is 0.467 e. The number of piperidine rings is 1. The lowest BCUT2D eigenvalue weighted by Crippen LogP contribution is -2.49. The van der Waals surface area contributed by atoms with Crippen molar-refractivity contribution >= 4 is 23.5 Å². The van der Waals surface area contributed by atoms with Gasteiger partial charge in [0.05, 0.1) is 13.5 Å². The van der Waals surface area contributed by atoms with Crippen LogP contribution in [-0.4, -0.2) is 48.9 Å². The van der Waals surface area contributed by atoms with E-state index in [0.717, 1.165) is 37.1 Å². The van der Waals surface area contributed by atoms with Gasteiger partial charge in [0.1, 0.15) is 6.04 Å². The molecule has 1 atom stereocenters. The second-order valence-electron chi connectivity index (χ2n) is 6.62. The van der Waals surface area contributed by atoms with Crippen LogP contribution in [0.3, 0.4) is 0 Å². The molecule has 0 bridgehead atoms. The van der Waals surface area contributed by atoms with Gasteiger partial charge in [-0.15, -0.1) is 0 Å². The molecule has 25 heavy (non-hydrogen) atoms. The number of carbonyl (C=O) groups is 3. The first-order chi connectivity index (χ1) is 12.1. The number of methoxy groups -OCH3 is 1. The Morgan fingerprint density at radius 1 is 1.20 bits per heavy atom. The molecule has 0 radical (unpaired) electrons. The SMILES string of the molecule is COC(=O)[C@@H]1CCCCN1C(=O)Cc1cccc(N2CCCC2=O)c1. The van der Waals surface area contributed by atoms with Crippen molar-refractivity contribution in [2.24, 2.45) is 0 Å². The molecule has 0 aliphatic carbocycles. The van der Waals surface area contributed by atoms with Crippen molar-refractivity contribution in [3.05, 3.63) is 29.8 Å². The number of anilines is 1. The molecule has 3 rings (SSSR count). The summed E-state index contributed by atoms with van der Waals surface area (Å²) in [6.07, 6.45) is 4.16. The maximum absolute atomic E-state index is 12.7. The lowest BCUT2D eigenvalue weighted by molar-refractivity contribution is -0.154. The Kier molecular flexibility index (Phi) is 5.36. The predicted molar refractivity (Wildman–Crippen MR) is 93.1 cm³/mol. The normalized spacial score (nSPS) is 20.7. The fourth-order valence-electron chi connectivity index (χ4n) is 3.64. The van der Waals surface area contributed by atoms with Crippen LogP contribution >= 0.6 is 0 Å². The van der Waals surface area contributed by atoms with Crippen LogP contribution in [0.1, 0.15) is 37.7 Å². The monoisotopic (exact) mass is 344 g/mol. The summed E-state index contributed by atoms with van der Waals surface area (Å²) in [6.45, 7) is 1.32. The molecule has 2 fully saturated rings. The van der Waals surface area contributed by atoms with Gasteiger partial charge in [0.15, 0.2) is 0 Å². The van der Waals surface area contributed by atoms with Crippen LogP contribution < -0.4 is 4.90 Å². The van der Waals surface area contributed by atoms with Crippen molar-refractivity contribution in [3.8, 4) is 0 Å². The first-order valence-corrected chi connectivity index (χ1v) is 8.87. The van der Waals surface area contributed by atoms with Gasteiger partial charge in [-0.3, -0.25) is 9.59 Å². The van der Waals surface area contributed by atoms with Crippen LogP contribution in [-0.2, 0) is 25.5 Å². The highest BCUT2D eigenvalue weighted by atomic mass is 16.5. The number of ether oxygens (including phenoxy) is 1. The van der Waals surface area contributed by atoms with Crippen molar-refractivity contribution in [1.29, 1.82) is 0 Å². The van der Waals surface area contributed by atoms with Gasteiger partial charge >= 0.3 is 5.97 Å². The minimum Gasteiger partial charge on any atom is -0.467 e. The van der Waals surface area contributed by atoms with E-state index in [9.17, 15) is 14.4 Å². The molecule has 0 N–H and O–H groups in total. The van der Waals surface area contributed by atoms with Gasteiger partial charge in [0.25, 0.3) is 0 Å². The van der Waals surface area contributed by atoms with Gasteiger partial charge in [-0.2, -0.15) is 0 Å². The third-order valence-corrected chi connectivity index (χ3v) is 4.95. The summed E-state index contributed by atoms with van der Waals surface area (Å²) in [7, 11) is 1.36. The summed E-state index contributed by atoms with van der Waals surface area (Å²) >= 11 is 0. The highest BCUT2D eigenvalue weighted by molar-refractivity contribution is 5.95. The molecular weight excluding hydrogens is 320 g/mol. The molecule has 2 saturated heterocycles. The molecule has 2 heterocycles. The lowest BCUT2D eigenvalue weighted by atomic mass is 10.0. The molecule has 6 nitrogen and oxygen atoms in total. The number of amides is 2. The summed E-state index contributed by atoms with van der Waals surface area (Å²) in [5, 5.41) is 0. The highest BCUT2D eigenvalue weighted by Gasteiger charge is 2.32. The van der Waals surface area contributed by atoms with E-state index in [1.807, 2.05) is 24.3 Å². The van der Waals surface area contributed by atoms with E-state index in [4.69, 9.17) is 4.74 Å². The Morgan fingerprint density at radius 3 is 2.76 bits per heavy atom. The first-order valence-electron chi connectivity index (χ1n) is 8.87. The van der Waals surface area contributed by atoms with Gasteiger partial charge < -0.3 is 14.5 Å². The summed E-state index contributed by atoms with van der Waals surface area (Å²) < 4.78 is 4.84. The Labute approximate surface area is 147 Å². The van der Waals surface area contributed by atoms with Crippen LogP contribution in [0, 0.1) is 0 Å². The zero-order chi connectivity index (χ0) is 17.8. The van der Waals surface area contributed by atoms with E-state index in [0.29, 0.717) is 19.4 Å². The fourth-order valence-corrected chi connectivity index (χ4v) is 3.64. The second kappa shape index (κ2) is 7.68. The second-order valence-corrected chi connectivity index (χ2v) is 6.62. The number of esters is 1. The Hall–Kier alpha value is -2.37. The van der Waals surface area contributed by atoms with Crippen LogP contribution in [0.4, 0.5) is 5.69 Å². The number of benzene rings is 1. The molecule has 0 saturated carbocycles. The van der Waals surface area contributed by atoms with E-state index in [1.54, 1.807) is 9.80 Å². The molecular formula is C19H24N2O4. The van der Waals surface area contributed by atoms with Crippen LogP contribution in [0.5, 0.6) is 0 Å². The van der Waals surface area contributed by atoms with Crippen molar-refractivity contribution in [1.82, 2.24) is 4.90 Å². The van der Waals surface area contributed by atoms with Gasteiger partial charge in [-0.05, 0) is 43.4 Å². The summed E-state index contributed by atoms with van der Waals surface area (Å²) in [6, 6.07) is 7.08. The fraction of sp³-hybridized carbons (Fsp3) is 0.526. The van der Waals surface area contributed by atoms with Gasteiger partial charge in [-0.1, -0.05) is 12.1 Å². The van der Waals surface area contributed by atoms with E-state index in [2.05, 4.69) is 0 Å². The molecule has 134 valence electrons. The van der Waals surface area contributed by atoms with Crippen molar-refractivity contribution in [3.63, 3.8) is 0 Å². The van der Waals surface area contributed by atoms with Gasteiger partial charge in [-0.25, -0.2) is 4.79 Å². The Bertz CT molecular complexity index is 673. The maximum Gasteiger partial charge on any atom is 0.328 e. The molecule has 2 aliphatic rings. The minimum atomic E-state index is -0.477. The Balaban J connectivity index is 1.71. The molecule has 2 aliphatic heterocycles. The smallest absolute Gasteiger partial charge is 0.328 e.